The summed E-state index contributed by atoms with van der Waals surface area (Å²) in [5, 5.41) is 3.50. The van der Waals surface area contributed by atoms with Gasteiger partial charge in [0.1, 0.15) is 0 Å². The third-order valence-corrected chi connectivity index (χ3v) is 4.60. The summed E-state index contributed by atoms with van der Waals surface area (Å²) < 4.78 is 1.17. The molecular formula is C16H9NO2S. The molecule has 2 aromatic carbocycles. The Morgan fingerprint density at radius 3 is 2.50 bits per heavy atom. The van der Waals surface area contributed by atoms with E-state index in [0.29, 0.717) is 11.1 Å². The summed E-state index contributed by atoms with van der Waals surface area (Å²) in [6, 6.07) is 15.5. The summed E-state index contributed by atoms with van der Waals surface area (Å²) in [6.45, 7) is 0. The van der Waals surface area contributed by atoms with Crippen molar-refractivity contribution in [2.24, 2.45) is 0 Å². The van der Waals surface area contributed by atoms with Crippen molar-refractivity contribution in [3.8, 4) is 10.4 Å². The first kappa shape index (κ1) is 11.4. The summed E-state index contributed by atoms with van der Waals surface area (Å²) in [5.41, 5.74) is 1.78. The van der Waals surface area contributed by atoms with Crippen LogP contribution >= 0.6 is 11.3 Å². The maximum absolute atomic E-state index is 12.0. The quantitative estimate of drug-likeness (QED) is 0.693. The fourth-order valence-corrected chi connectivity index (χ4v) is 3.63. The van der Waals surface area contributed by atoms with Crippen molar-refractivity contribution in [2.45, 2.75) is 0 Å². The molecule has 2 amide bonds. The monoisotopic (exact) mass is 279 g/mol. The van der Waals surface area contributed by atoms with Crippen molar-refractivity contribution in [1.29, 1.82) is 0 Å². The number of rotatable bonds is 1. The fraction of sp³-hybridized carbons (Fsp3) is 0. The lowest BCUT2D eigenvalue weighted by molar-refractivity contribution is 0.0880. The van der Waals surface area contributed by atoms with Gasteiger partial charge in [-0.25, -0.2) is 0 Å². The van der Waals surface area contributed by atoms with Crippen LogP contribution < -0.4 is 5.32 Å². The molecule has 4 rings (SSSR count). The van der Waals surface area contributed by atoms with E-state index in [4.69, 9.17) is 0 Å². The zero-order valence-corrected chi connectivity index (χ0v) is 11.2. The molecule has 0 aliphatic carbocycles. The number of fused-ring (bicyclic) bond motifs is 2. The first-order valence-corrected chi connectivity index (χ1v) is 7.03. The minimum absolute atomic E-state index is 0.307. The predicted molar refractivity (Wildman–Crippen MR) is 79.1 cm³/mol. The summed E-state index contributed by atoms with van der Waals surface area (Å²) in [6.07, 6.45) is 0. The Hall–Kier alpha value is -2.46. The Balaban J connectivity index is 2.00. The Kier molecular flexibility index (Phi) is 2.28. The topological polar surface area (TPSA) is 46.2 Å². The van der Waals surface area contributed by atoms with Crippen molar-refractivity contribution in [3.63, 3.8) is 0 Å². The Morgan fingerprint density at radius 1 is 0.850 bits per heavy atom. The van der Waals surface area contributed by atoms with Crippen LogP contribution in [0.15, 0.2) is 48.5 Å². The van der Waals surface area contributed by atoms with E-state index in [-0.39, 0.29) is 11.8 Å². The van der Waals surface area contributed by atoms with Crippen LogP contribution in [-0.4, -0.2) is 11.8 Å². The molecule has 2 heterocycles. The average Bonchev–Trinajstić information content (AvgIpc) is 3.01. The number of nitrogens with one attached hydrogen (secondary N) is 1. The highest BCUT2D eigenvalue weighted by Crippen LogP contribution is 2.37. The third kappa shape index (κ3) is 1.52. The average molecular weight is 279 g/mol. The Labute approximate surface area is 118 Å². The number of imide groups is 1. The minimum atomic E-state index is -0.312. The summed E-state index contributed by atoms with van der Waals surface area (Å²) in [4.78, 5) is 24.7. The molecule has 20 heavy (non-hydrogen) atoms. The van der Waals surface area contributed by atoms with Gasteiger partial charge in [0.25, 0.3) is 11.8 Å². The molecule has 1 N–H and O–H groups in total. The van der Waals surface area contributed by atoms with Crippen LogP contribution in [0.25, 0.3) is 20.5 Å². The molecule has 1 aliphatic heterocycles. The second kappa shape index (κ2) is 4.02. The minimum Gasteiger partial charge on any atom is -0.288 e. The van der Waals surface area contributed by atoms with Gasteiger partial charge in [-0.1, -0.05) is 30.3 Å². The number of thiophene rings is 1. The number of carbonyl (C=O) groups is 2. The van der Waals surface area contributed by atoms with E-state index < -0.39 is 0 Å². The number of hydrogen-bond donors (Lipinski definition) is 1. The molecule has 0 bridgehead atoms. The normalized spacial score (nSPS) is 13.6. The van der Waals surface area contributed by atoms with E-state index in [2.05, 4.69) is 17.4 Å². The maximum Gasteiger partial charge on any atom is 0.259 e. The maximum atomic E-state index is 12.0. The summed E-state index contributed by atoms with van der Waals surface area (Å²) >= 11 is 1.63. The zero-order valence-electron chi connectivity index (χ0n) is 10.3. The molecule has 0 saturated heterocycles. The van der Waals surface area contributed by atoms with Gasteiger partial charge in [-0.05, 0) is 23.6 Å². The highest BCUT2D eigenvalue weighted by atomic mass is 32.1. The highest BCUT2D eigenvalue weighted by molar-refractivity contribution is 7.22. The number of amides is 2. The van der Waals surface area contributed by atoms with Crippen molar-refractivity contribution in [1.82, 2.24) is 5.32 Å². The molecule has 96 valence electrons. The molecule has 1 aromatic heterocycles. The van der Waals surface area contributed by atoms with Crippen molar-refractivity contribution < 1.29 is 9.59 Å². The van der Waals surface area contributed by atoms with E-state index in [1.165, 1.54) is 4.70 Å². The molecule has 0 spiro atoms. The second-order valence-electron chi connectivity index (χ2n) is 4.66. The van der Waals surface area contributed by atoms with Crippen LogP contribution in [0.4, 0.5) is 0 Å². The van der Waals surface area contributed by atoms with Gasteiger partial charge in [0, 0.05) is 15.1 Å². The van der Waals surface area contributed by atoms with Gasteiger partial charge in [0.05, 0.1) is 11.1 Å². The van der Waals surface area contributed by atoms with E-state index in [0.717, 1.165) is 15.8 Å². The van der Waals surface area contributed by atoms with E-state index in [1.54, 1.807) is 17.4 Å². The molecule has 4 heteroatoms. The van der Waals surface area contributed by atoms with Crippen LogP contribution in [0.2, 0.25) is 0 Å². The first-order valence-electron chi connectivity index (χ1n) is 6.22. The lowest BCUT2D eigenvalue weighted by Gasteiger charge is -2.02. The largest absolute Gasteiger partial charge is 0.288 e. The molecule has 0 atom stereocenters. The van der Waals surface area contributed by atoms with Crippen LogP contribution in [-0.2, 0) is 0 Å². The van der Waals surface area contributed by atoms with Crippen LogP contribution in [0.5, 0.6) is 0 Å². The molecule has 3 aromatic rings. The first-order chi connectivity index (χ1) is 9.74. The molecule has 0 saturated carbocycles. The van der Waals surface area contributed by atoms with E-state index >= 15 is 0 Å². The van der Waals surface area contributed by atoms with Gasteiger partial charge in [-0.2, -0.15) is 0 Å². The lowest BCUT2D eigenvalue weighted by Crippen LogP contribution is -2.20. The second-order valence-corrected chi connectivity index (χ2v) is 5.74. The molecule has 3 nitrogen and oxygen atoms in total. The van der Waals surface area contributed by atoms with Crippen molar-refractivity contribution in [2.75, 3.05) is 0 Å². The molecule has 0 fully saturated rings. The lowest BCUT2D eigenvalue weighted by atomic mass is 10.0. The molecular weight excluding hydrogens is 270 g/mol. The van der Waals surface area contributed by atoms with Gasteiger partial charge in [0.2, 0.25) is 0 Å². The van der Waals surface area contributed by atoms with Gasteiger partial charge >= 0.3 is 0 Å². The van der Waals surface area contributed by atoms with Gasteiger partial charge < -0.3 is 0 Å². The van der Waals surface area contributed by atoms with Crippen LogP contribution in [0.1, 0.15) is 20.7 Å². The van der Waals surface area contributed by atoms with Crippen molar-refractivity contribution in [3.05, 3.63) is 59.7 Å². The van der Waals surface area contributed by atoms with Crippen molar-refractivity contribution >= 4 is 33.2 Å². The smallest absolute Gasteiger partial charge is 0.259 e. The van der Waals surface area contributed by atoms with E-state index in [1.807, 2.05) is 30.3 Å². The highest BCUT2D eigenvalue weighted by Gasteiger charge is 2.29. The fourth-order valence-electron chi connectivity index (χ4n) is 2.54. The Bertz CT molecular complexity index is 846. The van der Waals surface area contributed by atoms with Gasteiger partial charge in [0.15, 0.2) is 0 Å². The predicted octanol–water partition coefficient (Wildman–Crippen LogP) is 3.45. The summed E-state index contributed by atoms with van der Waals surface area (Å²) in [7, 11) is 0. The van der Waals surface area contributed by atoms with Crippen LogP contribution in [0.3, 0.4) is 0 Å². The summed E-state index contributed by atoms with van der Waals surface area (Å²) in [5.74, 6) is -0.619. The van der Waals surface area contributed by atoms with Gasteiger partial charge in [-0.3, -0.25) is 14.9 Å². The molecule has 0 unspecified atom stereocenters. The van der Waals surface area contributed by atoms with Crippen LogP contribution in [0, 0.1) is 0 Å². The zero-order chi connectivity index (χ0) is 13.7. The van der Waals surface area contributed by atoms with Gasteiger partial charge in [-0.15, -0.1) is 11.3 Å². The SMILES string of the molecule is O=C1NC(=O)c2c1cccc2-c1cc2ccccc2s1. The molecule has 1 aliphatic rings. The number of carbonyl (C=O) groups excluding carboxylic acids is 2. The Morgan fingerprint density at radius 2 is 1.65 bits per heavy atom. The third-order valence-electron chi connectivity index (χ3n) is 3.45. The standard InChI is InChI=1S/C16H9NO2S/c18-15-11-6-3-5-10(14(11)16(19)17-15)13-8-9-4-1-2-7-12(9)20-13/h1-8H,(H,17,18,19). The number of hydrogen-bond acceptors (Lipinski definition) is 3. The molecule has 0 radical (unpaired) electrons. The van der Waals surface area contributed by atoms with E-state index in [9.17, 15) is 9.59 Å². The number of benzene rings is 2.